The Bertz CT molecular complexity index is 534. The Morgan fingerprint density at radius 2 is 2.16 bits per heavy atom. The molecule has 19 heavy (non-hydrogen) atoms. The summed E-state index contributed by atoms with van der Waals surface area (Å²) in [5.41, 5.74) is 1.99. The van der Waals surface area contributed by atoms with Gasteiger partial charge in [-0.2, -0.15) is 5.10 Å². The zero-order chi connectivity index (χ0) is 14.0. The van der Waals surface area contributed by atoms with Gasteiger partial charge in [0.2, 0.25) is 0 Å². The third-order valence-electron chi connectivity index (χ3n) is 2.58. The highest BCUT2D eigenvalue weighted by Gasteiger charge is 2.11. The number of rotatable bonds is 4. The van der Waals surface area contributed by atoms with Crippen LogP contribution in [-0.2, 0) is 13.1 Å². The smallest absolute Gasteiger partial charge is 0.107 e. The molecule has 0 amide bonds. The molecule has 0 aliphatic heterocycles. The van der Waals surface area contributed by atoms with E-state index in [2.05, 4.69) is 41.6 Å². The van der Waals surface area contributed by atoms with Gasteiger partial charge in [0, 0.05) is 23.7 Å². The van der Waals surface area contributed by atoms with Gasteiger partial charge in [-0.3, -0.25) is 4.68 Å². The van der Waals surface area contributed by atoms with E-state index in [0.717, 1.165) is 22.9 Å². The lowest BCUT2D eigenvalue weighted by Crippen LogP contribution is -2.35. The van der Waals surface area contributed by atoms with Crippen LogP contribution in [0.4, 0.5) is 0 Å². The molecule has 6 heteroatoms. The Labute approximate surface area is 122 Å². The van der Waals surface area contributed by atoms with Crippen molar-refractivity contribution in [3.63, 3.8) is 0 Å². The van der Waals surface area contributed by atoms with Gasteiger partial charge in [0.25, 0.3) is 0 Å². The number of hydrogen-bond donors (Lipinski definition) is 1. The maximum Gasteiger partial charge on any atom is 0.107 e. The average Bonchev–Trinajstić information content (AvgIpc) is 2.84. The molecule has 1 N–H and O–H groups in total. The van der Waals surface area contributed by atoms with Crippen LogP contribution >= 0.6 is 22.9 Å². The van der Waals surface area contributed by atoms with Crippen molar-refractivity contribution in [1.82, 2.24) is 20.1 Å². The van der Waals surface area contributed by atoms with E-state index in [0.29, 0.717) is 11.6 Å². The van der Waals surface area contributed by atoms with E-state index in [1.165, 1.54) is 0 Å². The van der Waals surface area contributed by atoms with Crippen LogP contribution in [0.2, 0.25) is 5.02 Å². The molecule has 0 saturated heterocycles. The summed E-state index contributed by atoms with van der Waals surface area (Å²) in [6, 6.07) is 0. The van der Waals surface area contributed by atoms with Gasteiger partial charge in [0.15, 0.2) is 0 Å². The molecule has 0 fully saturated rings. The Balaban J connectivity index is 1.97. The van der Waals surface area contributed by atoms with Crippen molar-refractivity contribution in [1.29, 1.82) is 0 Å². The third kappa shape index (κ3) is 4.30. The minimum atomic E-state index is 0.110. The van der Waals surface area contributed by atoms with Crippen molar-refractivity contribution >= 4 is 22.9 Å². The molecule has 0 aliphatic carbocycles. The fourth-order valence-electron chi connectivity index (χ4n) is 1.58. The summed E-state index contributed by atoms with van der Waals surface area (Å²) in [6.07, 6.45) is 1.84. The van der Waals surface area contributed by atoms with E-state index < -0.39 is 0 Å². The first-order valence-corrected chi connectivity index (χ1v) is 7.47. The predicted octanol–water partition coefficient (Wildman–Crippen LogP) is 3.24. The first-order valence-electron chi connectivity index (χ1n) is 6.21. The van der Waals surface area contributed by atoms with Crippen LogP contribution in [0, 0.1) is 6.92 Å². The molecule has 4 nitrogen and oxygen atoms in total. The summed E-state index contributed by atoms with van der Waals surface area (Å²) < 4.78 is 1.83. The zero-order valence-electron chi connectivity index (χ0n) is 11.7. The van der Waals surface area contributed by atoms with Gasteiger partial charge in [-0.05, 0) is 27.7 Å². The number of aryl methyl sites for hydroxylation is 1. The lowest BCUT2D eigenvalue weighted by Gasteiger charge is -2.19. The van der Waals surface area contributed by atoms with Crippen LogP contribution < -0.4 is 5.32 Å². The first kappa shape index (κ1) is 14.5. The fourth-order valence-corrected chi connectivity index (χ4v) is 2.46. The summed E-state index contributed by atoms with van der Waals surface area (Å²) in [4.78, 5) is 4.60. The number of nitrogens with one attached hydrogen (secondary N) is 1. The fraction of sp³-hybridized carbons (Fsp3) is 0.538. The van der Waals surface area contributed by atoms with Crippen LogP contribution in [0.25, 0.3) is 0 Å². The van der Waals surface area contributed by atoms with Gasteiger partial charge in [-0.1, -0.05) is 11.6 Å². The average molecular weight is 299 g/mol. The summed E-state index contributed by atoms with van der Waals surface area (Å²) in [5.74, 6) is 0. The Kier molecular flexibility index (Phi) is 4.28. The van der Waals surface area contributed by atoms with E-state index >= 15 is 0 Å². The van der Waals surface area contributed by atoms with Crippen molar-refractivity contribution in [3.8, 4) is 0 Å². The van der Waals surface area contributed by atoms with Crippen LogP contribution in [0.3, 0.4) is 0 Å². The highest BCUT2D eigenvalue weighted by Crippen LogP contribution is 2.15. The largest absolute Gasteiger partial charge is 0.306 e. The molecule has 0 bridgehead atoms. The van der Waals surface area contributed by atoms with E-state index in [9.17, 15) is 0 Å². The van der Waals surface area contributed by atoms with Crippen molar-refractivity contribution < 1.29 is 0 Å². The van der Waals surface area contributed by atoms with Crippen LogP contribution in [0.15, 0.2) is 11.6 Å². The van der Waals surface area contributed by atoms with Crippen LogP contribution in [0.1, 0.15) is 37.2 Å². The molecule has 0 radical (unpaired) electrons. The minimum absolute atomic E-state index is 0.110. The monoisotopic (exact) mass is 298 g/mol. The van der Waals surface area contributed by atoms with E-state index in [1.807, 2.05) is 17.8 Å². The van der Waals surface area contributed by atoms with Gasteiger partial charge in [0.05, 0.1) is 23.0 Å². The third-order valence-corrected chi connectivity index (χ3v) is 3.85. The van der Waals surface area contributed by atoms with Gasteiger partial charge < -0.3 is 5.32 Å². The first-order chi connectivity index (χ1) is 8.83. The summed E-state index contributed by atoms with van der Waals surface area (Å²) in [5, 5.41) is 11.6. The van der Waals surface area contributed by atoms with Crippen LogP contribution in [0.5, 0.6) is 0 Å². The molecule has 2 aromatic heterocycles. The second-order valence-electron chi connectivity index (χ2n) is 5.60. The van der Waals surface area contributed by atoms with Gasteiger partial charge in [-0.15, -0.1) is 11.3 Å². The Morgan fingerprint density at radius 1 is 1.42 bits per heavy atom. The van der Waals surface area contributed by atoms with E-state index in [-0.39, 0.29) is 5.54 Å². The number of nitrogens with zero attached hydrogens (tertiary/aromatic N) is 3. The maximum absolute atomic E-state index is 5.99. The molecule has 104 valence electrons. The molecule has 0 saturated carbocycles. The van der Waals surface area contributed by atoms with E-state index in [4.69, 9.17) is 11.6 Å². The highest BCUT2D eigenvalue weighted by molar-refractivity contribution is 7.09. The molecule has 2 rings (SSSR count). The topological polar surface area (TPSA) is 42.7 Å². The highest BCUT2D eigenvalue weighted by atomic mass is 35.5. The standard InChI is InChI=1S/C13H19ClN4S/c1-9-11(14)7-18(17-9)6-10-8-19-12(16-10)5-15-13(2,3)4/h7-8,15H,5-6H2,1-4H3. The molecule has 2 aromatic rings. The van der Waals surface area contributed by atoms with Crippen molar-refractivity contribution in [2.24, 2.45) is 0 Å². The molecule has 0 unspecified atom stereocenters. The minimum Gasteiger partial charge on any atom is -0.306 e. The summed E-state index contributed by atoms with van der Waals surface area (Å²) in [6.45, 7) is 9.81. The number of thiazole rings is 1. The second-order valence-corrected chi connectivity index (χ2v) is 6.95. The zero-order valence-corrected chi connectivity index (χ0v) is 13.3. The summed E-state index contributed by atoms with van der Waals surface area (Å²) >= 11 is 7.66. The second kappa shape index (κ2) is 5.61. The van der Waals surface area contributed by atoms with Crippen LogP contribution in [-0.4, -0.2) is 20.3 Å². The number of halogens is 1. The molecule has 2 heterocycles. The number of hydrogen-bond acceptors (Lipinski definition) is 4. The lowest BCUT2D eigenvalue weighted by molar-refractivity contribution is 0.423. The number of aromatic nitrogens is 3. The Hall–Kier alpha value is -0.910. The molecule has 0 aliphatic rings. The molecular weight excluding hydrogens is 280 g/mol. The molecule has 0 spiro atoms. The molecule has 0 atom stereocenters. The van der Waals surface area contributed by atoms with Gasteiger partial charge in [0.1, 0.15) is 5.01 Å². The quantitative estimate of drug-likeness (QED) is 0.942. The molecular formula is C13H19ClN4S. The van der Waals surface area contributed by atoms with Crippen molar-refractivity contribution in [2.45, 2.75) is 46.3 Å². The lowest BCUT2D eigenvalue weighted by atomic mass is 10.1. The normalized spacial score (nSPS) is 12.1. The van der Waals surface area contributed by atoms with Crippen molar-refractivity contribution in [2.75, 3.05) is 0 Å². The maximum atomic E-state index is 5.99. The SMILES string of the molecule is Cc1nn(Cc2csc(CNC(C)(C)C)n2)cc1Cl. The van der Waals surface area contributed by atoms with E-state index in [1.54, 1.807) is 11.3 Å². The van der Waals surface area contributed by atoms with Crippen molar-refractivity contribution in [3.05, 3.63) is 33.0 Å². The Morgan fingerprint density at radius 3 is 2.74 bits per heavy atom. The summed E-state index contributed by atoms with van der Waals surface area (Å²) in [7, 11) is 0. The van der Waals surface area contributed by atoms with Gasteiger partial charge >= 0.3 is 0 Å². The molecule has 0 aromatic carbocycles. The predicted molar refractivity (Wildman–Crippen MR) is 79.8 cm³/mol. The van der Waals surface area contributed by atoms with Gasteiger partial charge in [-0.25, -0.2) is 4.98 Å².